The molecule has 0 spiro atoms. The fourth-order valence-electron chi connectivity index (χ4n) is 2.46. The van der Waals surface area contributed by atoms with Crippen molar-refractivity contribution in [3.8, 4) is 0 Å². The van der Waals surface area contributed by atoms with Crippen LogP contribution in [0.3, 0.4) is 0 Å². The number of carbonyl (C=O) groups is 2. The Hall–Kier alpha value is -2.53. The molecular formula is C17H16ClN3O2. The summed E-state index contributed by atoms with van der Waals surface area (Å²) >= 11 is 5.77. The molecule has 0 bridgehead atoms. The minimum Gasteiger partial charge on any atom is -0.307 e. The van der Waals surface area contributed by atoms with Crippen LogP contribution in [0.2, 0.25) is 5.02 Å². The fraction of sp³-hybridized carbons (Fsp3) is 0.176. The number of anilines is 1. The van der Waals surface area contributed by atoms with E-state index in [-0.39, 0.29) is 17.7 Å². The predicted octanol–water partition coefficient (Wildman–Crippen LogP) is 3.30. The molecule has 0 heterocycles. The molecule has 5 nitrogen and oxygen atoms in total. The third kappa shape index (κ3) is 4.02. The third-order valence-electron chi connectivity index (χ3n) is 3.76. The van der Waals surface area contributed by atoms with Crippen LogP contribution in [0.1, 0.15) is 17.9 Å². The number of rotatable bonds is 3. The van der Waals surface area contributed by atoms with Crippen LogP contribution in [0.15, 0.2) is 54.6 Å². The minimum atomic E-state index is -0.502. The van der Waals surface area contributed by atoms with Gasteiger partial charge in [-0.15, -0.1) is 0 Å². The van der Waals surface area contributed by atoms with Crippen LogP contribution in [0.25, 0.3) is 0 Å². The van der Waals surface area contributed by atoms with Gasteiger partial charge >= 0.3 is 6.03 Å². The van der Waals surface area contributed by atoms with E-state index >= 15 is 0 Å². The SMILES string of the molecule is O=C(NNC(=O)C1CC1c1ccccc1)Nc1ccc(Cl)cc1. The smallest absolute Gasteiger partial charge is 0.307 e. The average molecular weight is 330 g/mol. The summed E-state index contributed by atoms with van der Waals surface area (Å²) in [4.78, 5) is 23.7. The molecule has 0 aliphatic heterocycles. The number of halogens is 1. The van der Waals surface area contributed by atoms with Crippen molar-refractivity contribution in [3.05, 3.63) is 65.2 Å². The molecule has 118 valence electrons. The summed E-state index contributed by atoms with van der Waals surface area (Å²) < 4.78 is 0. The molecule has 0 radical (unpaired) electrons. The number of benzene rings is 2. The number of carbonyl (C=O) groups excluding carboxylic acids is 2. The Morgan fingerprint density at radius 1 is 0.957 bits per heavy atom. The van der Waals surface area contributed by atoms with Crippen LogP contribution >= 0.6 is 11.6 Å². The quantitative estimate of drug-likeness (QED) is 0.756. The van der Waals surface area contributed by atoms with Gasteiger partial charge in [0.1, 0.15) is 0 Å². The molecule has 1 saturated carbocycles. The molecule has 3 rings (SSSR count). The van der Waals surface area contributed by atoms with E-state index in [1.54, 1.807) is 24.3 Å². The molecule has 2 atom stereocenters. The highest BCUT2D eigenvalue weighted by molar-refractivity contribution is 6.30. The second-order valence-electron chi connectivity index (χ2n) is 5.43. The van der Waals surface area contributed by atoms with Crippen LogP contribution in [0.5, 0.6) is 0 Å². The normalized spacial score (nSPS) is 18.8. The summed E-state index contributed by atoms with van der Waals surface area (Å²) in [6.07, 6.45) is 0.802. The van der Waals surface area contributed by atoms with Crippen molar-refractivity contribution in [1.82, 2.24) is 10.9 Å². The maximum atomic E-state index is 12.0. The van der Waals surface area contributed by atoms with Crippen molar-refractivity contribution in [1.29, 1.82) is 0 Å². The minimum absolute atomic E-state index is 0.0896. The van der Waals surface area contributed by atoms with Crippen LogP contribution < -0.4 is 16.2 Å². The highest BCUT2D eigenvalue weighted by Gasteiger charge is 2.43. The lowest BCUT2D eigenvalue weighted by atomic mass is 10.1. The van der Waals surface area contributed by atoms with Crippen molar-refractivity contribution >= 4 is 29.2 Å². The molecule has 3 amide bonds. The highest BCUT2D eigenvalue weighted by Crippen LogP contribution is 2.47. The topological polar surface area (TPSA) is 70.2 Å². The first kappa shape index (κ1) is 15.4. The third-order valence-corrected chi connectivity index (χ3v) is 4.01. The summed E-state index contributed by atoms with van der Waals surface area (Å²) in [6.45, 7) is 0. The lowest BCUT2D eigenvalue weighted by Gasteiger charge is -2.09. The zero-order valence-corrected chi connectivity index (χ0v) is 13.0. The standard InChI is InChI=1S/C17H16ClN3O2/c18-12-6-8-13(9-7-12)19-17(23)21-20-16(22)15-10-14(15)11-4-2-1-3-5-11/h1-9,14-15H,10H2,(H,20,22)(H2,19,21,23). The molecule has 6 heteroatoms. The van der Waals surface area contributed by atoms with Gasteiger partial charge in [-0.1, -0.05) is 41.9 Å². The Labute approximate surface area is 139 Å². The van der Waals surface area contributed by atoms with E-state index in [2.05, 4.69) is 16.2 Å². The largest absolute Gasteiger partial charge is 0.337 e. The van der Waals surface area contributed by atoms with Gasteiger partial charge in [0.2, 0.25) is 5.91 Å². The van der Waals surface area contributed by atoms with Gasteiger partial charge in [0.25, 0.3) is 0 Å². The van der Waals surface area contributed by atoms with Crippen LogP contribution in [0, 0.1) is 5.92 Å². The molecule has 23 heavy (non-hydrogen) atoms. The lowest BCUT2D eigenvalue weighted by molar-refractivity contribution is -0.123. The summed E-state index contributed by atoms with van der Waals surface area (Å²) in [5.41, 5.74) is 6.55. The Balaban J connectivity index is 1.44. The van der Waals surface area contributed by atoms with Gasteiger partial charge in [-0.25, -0.2) is 10.2 Å². The average Bonchev–Trinajstić information content (AvgIpc) is 3.36. The number of hydrogen-bond donors (Lipinski definition) is 3. The van der Waals surface area contributed by atoms with E-state index in [0.29, 0.717) is 10.7 Å². The van der Waals surface area contributed by atoms with E-state index in [9.17, 15) is 9.59 Å². The molecule has 2 unspecified atom stereocenters. The van der Waals surface area contributed by atoms with Crippen LogP contribution in [-0.2, 0) is 4.79 Å². The van der Waals surface area contributed by atoms with E-state index in [1.807, 2.05) is 30.3 Å². The number of nitrogens with one attached hydrogen (secondary N) is 3. The molecule has 2 aromatic rings. The van der Waals surface area contributed by atoms with Crippen molar-refractivity contribution in [2.24, 2.45) is 5.92 Å². The molecule has 2 aromatic carbocycles. The predicted molar refractivity (Wildman–Crippen MR) is 89.0 cm³/mol. The summed E-state index contributed by atoms with van der Waals surface area (Å²) in [7, 11) is 0. The second kappa shape index (κ2) is 6.71. The monoisotopic (exact) mass is 329 g/mol. The first-order valence-corrected chi connectivity index (χ1v) is 7.68. The summed E-state index contributed by atoms with van der Waals surface area (Å²) in [6, 6.07) is 16.1. The Morgan fingerprint density at radius 3 is 2.35 bits per heavy atom. The molecule has 0 aromatic heterocycles. The van der Waals surface area contributed by atoms with Crippen molar-refractivity contribution < 1.29 is 9.59 Å². The maximum Gasteiger partial charge on any atom is 0.337 e. The molecule has 1 fully saturated rings. The Kier molecular flexibility index (Phi) is 4.48. The van der Waals surface area contributed by atoms with E-state index in [4.69, 9.17) is 11.6 Å². The van der Waals surface area contributed by atoms with Crippen molar-refractivity contribution in [2.75, 3.05) is 5.32 Å². The van der Waals surface area contributed by atoms with E-state index < -0.39 is 6.03 Å². The van der Waals surface area contributed by atoms with Gasteiger partial charge in [0.15, 0.2) is 0 Å². The number of urea groups is 1. The number of amides is 3. The first-order chi connectivity index (χ1) is 11.1. The van der Waals surface area contributed by atoms with Gasteiger partial charge in [0, 0.05) is 16.6 Å². The maximum absolute atomic E-state index is 12.0. The van der Waals surface area contributed by atoms with Crippen LogP contribution in [0.4, 0.5) is 10.5 Å². The molecule has 3 N–H and O–H groups in total. The van der Waals surface area contributed by atoms with E-state index in [1.165, 1.54) is 0 Å². The highest BCUT2D eigenvalue weighted by atomic mass is 35.5. The van der Waals surface area contributed by atoms with Crippen molar-refractivity contribution in [3.63, 3.8) is 0 Å². The second-order valence-corrected chi connectivity index (χ2v) is 5.87. The van der Waals surface area contributed by atoms with Crippen molar-refractivity contribution in [2.45, 2.75) is 12.3 Å². The fourth-order valence-corrected chi connectivity index (χ4v) is 2.59. The zero-order chi connectivity index (χ0) is 16.2. The first-order valence-electron chi connectivity index (χ1n) is 7.31. The molecule has 1 aliphatic rings. The Morgan fingerprint density at radius 2 is 1.65 bits per heavy atom. The van der Waals surface area contributed by atoms with Gasteiger partial charge in [0.05, 0.1) is 0 Å². The van der Waals surface area contributed by atoms with Gasteiger partial charge in [-0.3, -0.25) is 10.2 Å². The van der Waals surface area contributed by atoms with Gasteiger partial charge in [-0.05, 0) is 42.2 Å². The zero-order valence-electron chi connectivity index (χ0n) is 12.3. The molecule has 0 saturated heterocycles. The summed E-state index contributed by atoms with van der Waals surface area (Å²) in [5, 5.41) is 3.19. The number of hydrazine groups is 1. The summed E-state index contributed by atoms with van der Waals surface area (Å²) in [5.74, 6) is -0.0318. The Bertz CT molecular complexity index is 704. The van der Waals surface area contributed by atoms with Gasteiger partial charge < -0.3 is 5.32 Å². The van der Waals surface area contributed by atoms with Gasteiger partial charge in [-0.2, -0.15) is 0 Å². The molecular weight excluding hydrogens is 314 g/mol. The molecule has 1 aliphatic carbocycles. The van der Waals surface area contributed by atoms with Crippen LogP contribution in [-0.4, -0.2) is 11.9 Å². The van der Waals surface area contributed by atoms with E-state index in [0.717, 1.165) is 12.0 Å². The number of hydrogen-bond acceptors (Lipinski definition) is 2. The lowest BCUT2D eigenvalue weighted by Crippen LogP contribution is -2.44.